The van der Waals surface area contributed by atoms with Crippen LogP contribution < -0.4 is 5.32 Å². The fourth-order valence-electron chi connectivity index (χ4n) is 1.89. The molecule has 1 heterocycles. The van der Waals surface area contributed by atoms with Crippen molar-refractivity contribution >= 4 is 11.6 Å². The second-order valence-electron chi connectivity index (χ2n) is 4.71. The minimum absolute atomic E-state index is 0.200. The number of rotatable bonds is 4. The average molecular weight is 281 g/mol. The lowest BCUT2D eigenvalue weighted by Crippen LogP contribution is -2.12. The number of carbonyl (C=O) groups is 1. The number of benzene rings is 1. The SMILES string of the molecule is Cc1cccc(C(=O)Nc2cncc([C@H](C)N=[N+]=[N-])c2)c1. The highest BCUT2D eigenvalue weighted by Gasteiger charge is 2.08. The number of hydrogen-bond acceptors (Lipinski definition) is 3. The van der Waals surface area contributed by atoms with E-state index in [-0.39, 0.29) is 11.9 Å². The van der Waals surface area contributed by atoms with Crippen molar-refractivity contribution in [1.29, 1.82) is 0 Å². The van der Waals surface area contributed by atoms with Crippen molar-refractivity contribution in [2.24, 2.45) is 5.11 Å². The maximum Gasteiger partial charge on any atom is 0.255 e. The third kappa shape index (κ3) is 3.81. The fourth-order valence-corrected chi connectivity index (χ4v) is 1.89. The van der Waals surface area contributed by atoms with Gasteiger partial charge >= 0.3 is 0 Å². The topological polar surface area (TPSA) is 90.8 Å². The zero-order valence-electron chi connectivity index (χ0n) is 11.8. The quantitative estimate of drug-likeness (QED) is 0.521. The van der Waals surface area contributed by atoms with Crippen LogP contribution in [0, 0.1) is 6.92 Å². The zero-order chi connectivity index (χ0) is 15.2. The van der Waals surface area contributed by atoms with Crippen LogP contribution >= 0.6 is 0 Å². The number of aryl methyl sites for hydroxylation is 1. The second-order valence-corrected chi connectivity index (χ2v) is 4.71. The molecule has 0 aliphatic heterocycles. The molecule has 0 fully saturated rings. The van der Waals surface area contributed by atoms with E-state index >= 15 is 0 Å². The summed E-state index contributed by atoms with van der Waals surface area (Å²) < 4.78 is 0. The number of amides is 1. The van der Waals surface area contributed by atoms with Gasteiger partial charge in [0.25, 0.3) is 5.91 Å². The third-order valence-corrected chi connectivity index (χ3v) is 3.00. The highest BCUT2D eigenvalue weighted by Crippen LogP contribution is 2.19. The normalized spacial score (nSPS) is 11.3. The smallest absolute Gasteiger partial charge is 0.255 e. The van der Waals surface area contributed by atoms with Crippen LogP contribution in [0.1, 0.15) is 34.5 Å². The maximum absolute atomic E-state index is 12.2. The highest BCUT2D eigenvalue weighted by molar-refractivity contribution is 6.04. The highest BCUT2D eigenvalue weighted by atomic mass is 16.1. The molecule has 6 nitrogen and oxygen atoms in total. The molecule has 0 aliphatic carbocycles. The number of pyridine rings is 1. The Labute approximate surface area is 122 Å². The van der Waals surface area contributed by atoms with Gasteiger partial charge in [0.1, 0.15) is 0 Å². The minimum atomic E-state index is -0.335. The van der Waals surface area contributed by atoms with E-state index in [0.717, 1.165) is 11.1 Å². The van der Waals surface area contributed by atoms with Crippen molar-refractivity contribution in [2.75, 3.05) is 5.32 Å². The second kappa shape index (κ2) is 6.54. The van der Waals surface area contributed by atoms with Gasteiger partial charge in [-0.2, -0.15) is 0 Å². The summed E-state index contributed by atoms with van der Waals surface area (Å²) in [4.78, 5) is 19.0. The Morgan fingerprint density at radius 1 is 1.38 bits per heavy atom. The Morgan fingerprint density at radius 2 is 2.19 bits per heavy atom. The monoisotopic (exact) mass is 281 g/mol. The molecule has 0 saturated carbocycles. The zero-order valence-corrected chi connectivity index (χ0v) is 11.8. The molecule has 0 saturated heterocycles. The van der Waals surface area contributed by atoms with Crippen LogP contribution in [0.3, 0.4) is 0 Å². The van der Waals surface area contributed by atoms with Crippen LogP contribution in [-0.2, 0) is 0 Å². The van der Waals surface area contributed by atoms with E-state index < -0.39 is 0 Å². The van der Waals surface area contributed by atoms with Crippen LogP contribution in [0.15, 0.2) is 47.8 Å². The first kappa shape index (κ1) is 14.6. The predicted octanol–water partition coefficient (Wildman–Crippen LogP) is 4.01. The first-order valence-corrected chi connectivity index (χ1v) is 6.47. The van der Waals surface area contributed by atoms with Gasteiger partial charge in [0, 0.05) is 16.7 Å². The molecule has 1 aromatic heterocycles. The molecule has 0 radical (unpaired) electrons. The Bertz CT molecular complexity index is 707. The molecule has 1 atom stereocenters. The summed E-state index contributed by atoms with van der Waals surface area (Å²) in [6.45, 7) is 3.70. The predicted molar refractivity (Wildman–Crippen MR) is 80.9 cm³/mol. The van der Waals surface area contributed by atoms with Gasteiger partial charge in [-0.25, -0.2) is 0 Å². The minimum Gasteiger partial charge on any atom is -0.321 e. The van der Waals surface area contributed by atoms with Crippen molar-refractivity contribution in [3.63, 3.8) is 0 Å². The summed E-state index contributed by atoms with van der Waals surface area (Å²) in [6.07, 6.45) is 3.17. The summed E-state index contributed by atoms with van der Waals surface area (Å²) in [6, 6.07) is 8.75. The lowest BCUT2D eigenvalue weighted by atomic mass is 10.1. The van der Waals surface area contributed by atoms with Crippen molar-refractivity contribution < 1.29 is 4.79 Å². The van der Waals surface area contributed by atoms with Gasteiger partial charge in [0.15, 0.2) is 0 Å². The maximum atomic E-state index is 12.2. The first-order valence-electron chi connectivity index (χ1n) is 6.47. The van der Waals surface area contributed by atoms with E-state index in [9.17, 15) is 4.79 Å². The Kier molecular flexibility index (Phi) is 4.53. The van der Waals surface area contributed by atoms with Gasteiger partial charge in [0.2, 0.25) is 0 Å². The van der Waals surface area contributed by atoms with E-state index in [1.165, 1.54) is 0 Å². The molecule has 2 rings (SSSR count). The van der Waals surface area contributed by atoms with Crippen molar-refractivity contribution in [1.82, 2.24) is 4.98 Å². The van der Waals surface area contributed by atoms with Gasteiger partial charge in [-0.1, -0.05) is 29.7 Å². The van der Waals surface area contributed by atoms with E-state index in [1.807, 2.05) is 25.1 Å². The molecule has 2 aromatic rings. The molecule has 0 unspecified atom stereocenters. The summed E-state index contributed by atoms with van der Waals surface area (Å²) in [5.74, 6) is -0.200. The largest absolute Gasteiger partial charge is 0.321 e. The molecule has 0 bridgehead atoms. The number of carbonyl (C=O) groups excluding carboxylic acids is 1. The lowest BCUT2D eigenvalue weighted by Gasteiger charge is -2.09. The van der Waals surface area contributed by atoms with Crippen molar-refractivity contribution in [2.45, 2.75) is 19.9 Å². The van der Waals surface area contributed by atoms with Crippen LogP contribution in [-0.4, -0.2) is 10.9 Å². The van der Waals surface area contributed by atoms with Gasteiger partial charge in [0.05, 0.1) is 17.9 Å². The Hall–Kier alpha value is -2.85. The van der Waals surface area contributed by atoms with Crippen molar-refractivity contribution in [3.05, 3.63) is 69.9 Å². The molecule has 1 amide bonds. The van der Waals surface area contributed by atoms with Crippen LogP contribution in [0.5, 0.6) is 0 Å². The molecule has 106 valence electrons. The van der Waals surface area contributed by atoms with Crippen LogP contribution in [0.25, 0.3) is 10.4 Å². The van der Waals surface area contributed by atoms with Gasteiger partial charge in [-0.15, -0.1) is 0 Å². The molecular formula is C15H15N5O. The number of aromatic nitrogens is 1. The van der Waals surface area contributed by atoms with Gasteiger partial charge in [-0.05, 0) is 36.2 Å². The number of azide groups is 1. The molecule has 1 N–H and O–H groups in total. The number of nitrogens with zero attached hydrogens (tertiary/aromatic N) is 4. The molecular weight excluding hydrogens is 266 g/mol. The van der Waals surface area contributed by atoms with Gasteiger partial charge in [-0.3, -0.25) is 9.78 Å². The fraction of sp³-hybridized carbons (Fsp3) is 0.200. The van der Waals surface area contributed by atoms with E-state index in [4.69, 9.17) is 5.53 Å². The number of nitrogens with one attached hydrogen (secondary N) is 1. The third-order valence-electron chi connectivity index (χ3n) is 3.00. The number of anilines is 1. The van der Waals surface area contributed by atoms with Crippen LogP contribution in [0.2, 0.25) is 0 Å². The van der Waals surface area contributed by atoms with Crippen molar-refractivity contribution in [3.8, 4) is 0 Å². The summed E-state index contributed by atoms with van der Waals surface area (Å²) >= 11 is 0. The first-order chi connectivity index (χ1) is 10.1. The van der Waals surface area contributed by atoms with Gasteiger partial charge < -0.3 is 5.32 Å². The molecule has 21 heavy (non-hydrogen) atoms. The molecule has 1 aromatic carbocycles. The lowest BCUT2D eigenvalue weighted by molar-refractivity contribution is 0.102. The Morgan fingerprint density at radius 3 is 2.90 bits per heavy atom. The van der Waals surface area contributed by atoms with E-state index in [0.29, 0.717) is 11.3 Å². The standard InChI is InChI=1S/C15H15N5O/c1-10-4-3-5-12(6-10)15(21)18-14-7-13(8-17-9-14)11(2)19-20-16/h3-9,11H,1-2H3,(H,18,21)/t11-/m0/s1. The Balaban J connectivity index is 2.18. The average Bonchev–Trinajstić information content (AvgIpc) is 2.48. The number of hydrogen-bond donors (Lipinski definition) is 1. The summed E-state index contributed by atoms with van der Waals surface area (Å²) in [5, 5.41) is 6.40. The molecule has 0 spiro atoms. The summed E-state index contributed by atoms with van der Waals surface area (Å²) in [5.41, 5.74) is 11.4. The van der Waals surface area contributed by atoms with Crippen LogP contribution in [0.4, 0.5) is 5.69 Å². The molecule has 0 aliphatic rings. The van der Waals surface area contributed by atoms with E-state index in [2.05, 4.69) is 20.3 Å². The molecule has 6 heteroatoms. The summed E-state index contributed by atoms with van der Waals surface area (Å²) in [7, 11) is 0. The van der Waals surface area contributed by atoms with E-state index in [1.54, 1.807) is 31.5 Å².